The summed E-state index contributed by atoms with van der Waals surface area (Å²) >= 11 is 0. The predicted octanol–water partition coefficient (Wildman–Crippen LogP) is 3.57. The minimum atomic E-state index is -0.0299. The molecule has 0 unspecified atom stereocenters. The Morgan fingerprint density at radius 1 is 0.958 bits per heavy atom. The van der Waals surface area contributed by atoms with Crippen LogP contribution in [0.1, 0.15) is 25.0 Å². The summed E-state index contributed by atoms with van der Waals surface area (Å²) in [6.07, 6.45) is 0. The van der Waals surface area contributed by atoms with Gasteiger partial charge in [-0.05, 0) is 50.6 Å². The van der Waals surface area contributed by atoms with Gasteiger partial charge in [0, 0.05) is 31.0 Å². The van der Waals surface area contributed by atoms with Crippen molar-refractivity contribution >= 4 is 17.3 Å². The van der Waals surface area contributed by atoms with Crippen LogP contribution >= 0.6 is 0 Å². The van der Waals surface area contributed by atoms with Crippen molar-refractivity contribution in [2.45, 2.75) is 27.3 Å². The smallest absolute Gasteiger partial charge is 0.238 e. The van der Waals surface area contributed by atoms with E-state index in [1.54, 1.807) is 0 Å². The molecule has 24 heavy (non-hydrogen) atoms. The molecule has 0 aromatic heterocycles. The van der Waals surface area contributed by atoms with Gasteiger partial charge in [0.1, 0.15) is 0 Å². The molecule has 1 amide bonds. The lowest BCUT2D eigenvalue weighted by Crippen LogP contribution is -2.27. The molecule has 128 valence electrons. The number of hydrogen-bond acceptors (Lipinski definition) is 3. The van der Waals surface area contributed by atoms with Gasteiger partial charge in [0.15, 0.2) is 0 Å². The van der Waals surface area contributed by atoms with Gasteiger partial charge in [-0.15, -0.1) is 0 Å². The molecule has 0 fully saturated rings. The monoisotopic (exact) mass is 325 g/mol. The topological polar surface area (TPSA) is 44.4 Å². The molecular formula is C20H27N3O. The number of carbonyl (C=O) groups excluding carboxylic acids is 1. The Morgan fingerprint density at radius 2 is 1.58 bits per heavy atom. The molecular weight excluding hydrogens is 298 g/mol. The summed E-state index contributed by atoms with van der Waals surface area (Å²) in [7, 11) is 0. The number of nitrogens with zero attached hydrogens (tertiary/aromatic N) is 1. The number of amides is 1. The van der Waals surface area contributed by atoms with E-state index in [4.69, 9.17) is 0 Å². The Hall–Kier alpha value is -2.33. The molecule has 4 heteroatoms. The van der Waals surface area contributed by atoms with Crippen molar-refractivity contribution in [3.05, 3.63) is 59.7 Å². The van der Waals surface area contributed by atoms with Gasteiger partial charge in [-0.1, -0.05) is 29.8 Å². The minimum absolute atomic E-state index is 0.0299. The average Bonchev–Trinajstić information content (AvgIpc) is 2.59. The second kappa shape index (κ2) is 9.08. The van der Waals surface area contributed by atoms with E-state index in [1.165, 1.54) is 16.8 Å². The van der Waals surface area contributed by atoms with Gasteiger partial charge >= 0.3 is 0 Å². The quantitative estimate of drug-likeness (QED) is 0.780. The molecule has 0 aliphatic rings. The molecule has 0 saturated carbocycles. The zero-order valence-corrected chi connectivity index (χ0v) is 14.8. The van der Waals surface area contributed by atoms with Crippen LogP contribution in [0.5, 0.6) is 0 Å². The van der Waals surface area contributed by atoms with Crippen LogP contribution in [0.15, 0.2) is 48.5 Å². The SMILES string of the molecule is CCN(CC)c1ccc(NC(=O)CNCc2ccc(C)cc2)cc1. The first-order valence-corrected chi connectivity index (χ1v) is 8.53. The van der Waals surface area contributed by atoms with Crippen molar-refractivity contribution in [2.75, 3.05) is 29.9 Å². The van der Waals surface area contributed by atoms with Crippen molar-refractivity contribution in [1.82, 2.24) is 5.32 Å². The molecule has 2 rings (SSSR count). The Balaban J connectivity index is 1.78. The first kappa shape index (κ1) is 18.0. The van der Waals surface area contributed by atoms with Crippen LogP contribution in [0.2, 0.25) is 0 Å². The number of carbonyl (C=O) groups is 1. The Bertz CT molecular complexity index is 631. The lowest BCUT2D eigenvalue weighted by molar-refractivity contribution is -0.115. The normalized spacial score (nSPS) is 10.5. The first-order chi connectivity index (χ1) is 11.6. The Morgan fingerprint density at radius 3 is 2.17 bits per heavy atom. The van der Waals surface area contributed by atoms with Gasteiger partial charge in [0.25, 0.3) is 0 Å². The van der Waals surface area contributed by atoms with Crippen LogP contribution in [0, 0.1) is 6.92 Å². The lowest BCUT2D eigenvalue weighted by Gasteiger charge is -2.21. The largest absolute Gasteiger partial charge is 0.372 e. The van der Waals surface area contributed by atoms with Crippen molar-refractivity contribution in [1.29, 1.82) is 0 Å². The number of benzene rings is 2. The summed E-state index contributed by atoms with van der Waals surface area (Å²) in [6.45, 7) is 9.28. The number of anilines is 2. The Kier molecular flexibility index (Phi) is 6.82. The number of rotatable bonds is 8. The van der Waals surface area contributed by atoms with Gasteiger partial charge in [-0.3, -0.25) is 4.79 Å². The second-order valence-electron chi connectivity index (χ2n) is 5.86. The third-order valence-electron chi connectivity index (χ3n) is 4.01. The minimum Gasteiger partial charge on any atom is -0.372 e. The molecule has 0 aliphatic heterocycles. The highest BCUT2D eigenvalue weighted by Gasteiger charge is 2.04. The van der Waals surface area contributed by atoms with E-state index >= 15 is 0 Å². The number of aryl methyl sites for hydroxylation is 1. The van der Waals surface area contributed by atoms with Gasteiger partial charge in [-0.2, -0.15) is 0 Å². The van der Waals surface area contributed by atoms with Crippen LogP contribution < -0.4 is 15.5 Å². The summed E-state index contributed by atoms with van der Waals surface area (Å²) in [4.78, 5) is 14.3. The number of nitrogens with one attached hydrogen (secondary N) is 2. The average molecular weight is 325 g/mol. The van der Waals surface area contributed by atoms with Crippen molar-refractivity contribution < 1.29 is 4.79 Å². The molecule has 0 bridgehead atoms. The maximum absolute atomic E-state index is 12.0. The Labute approximate surface area is 144 Å². The van der Waals surface area contributed by atoms with E-state index < -0.39 is 0 Å². The zero-order valence-electron chi connectivity index (χ0n) is 14.8. The van der Waals surface area contributed by atoms with Crippen LogP contribution in [0.25, 0.3) is 0 Å². The maximum atomic E-state index is 12.0. The highest BCUT2D eigenvalue weighted by Crippen LogP contribution is 2.17. The third-order valence-corrected chi connectivity index (χ3v) is 4.01. The molecule has 0 aliphatic carbocycles. The van der Waals surface area contributed by atoms with Gasteiger partial charge in [0.2, 0.25) is 5.91 Å². The molecule has 2 N–H and O–H groups in total. The lowest BCUT2D eigenvalue weighted by atomic mass is 10.1. The van der Waals surface area contributed by atoms with E-state index in [0.717, 1.165) is 18.8 Å². The van der Waals surface area contributed by atoms with E-state index in [9.17, 15) is 4.79 Å². The summed E-state index contributed by atoms with van der Waals surface area (Å²) in [5.74, 6) is -0.0299. The standard InChI is InChI=1S/C20H27N3O/c1-4-23(5-2)19-12-10-18(11-13-19)22-20(24)15-21-14-17-8-6-16(3)7-9-17/h6-13,21H,4-5,14-15H2,1-3H3,(H,22,24). The predicted molar refractivity (Wildman–Crippen MR) is 102 cm³/mol. The van der Waals surface area contributed by atoms with Gasteiger partial charge < -0.3 is 15.5 Å². The fourth-order valence-corrected chi connectivity index (χ4v) is 2.58. The molecule has 0 saturated heterocycles. The maximum Gasteiger partial charge on any atom is 0.238 e. The van der Waals surface area contributed by atoms with E-state index in [1.807, 2.05) is 24.3 Å². The van der Waals surface area contributed by atoms with Crippen LogP contribution in [0.3, 0.4) is 0 Å². The van der Waals surface area contributed by atoms with Crippen LogP contribution in [0.4, 0.5) is 11.4 Å². The summed E-state index contributed by atoms with van der Waals surface area (Å²) in [6, 6.07) is 16.3. The molecule has 2 aromatic carbocycles. The molecule has 0 spiro atoms. The molecule has 2 aromatic rings. The first-order valence-electron chi connectivity index (χ1n) is 8.53. The van der Waals surface area contributed by atoms with E-state index in [-0.39, 0.29) is 5.91 Å². The van der Waals surface area contributed by atoms with E-state index in [0.29, 0.717) is 13.1 Å². The highest BCUT2D eigenvalue weighted by atomic mass is 16.1. The fourth-order valence-electron chi connectivity index (χ4n) is 2.58. The molecule has 0 radical (unpaired) electrons. The van der Waals surface area contributed by atoms with E-state index in [2.05, 4.69) is 60.6 Å². The van der Waals surface area contributed by atoms with Crippen molar-refractivity contribution in [3.8, 4) is 0 Å². The zero-order chi connectivity index (χ0) is 17.4. The molecule has 0 atom stereocenters. The van der Waals surface area contributed by atoms with Crippen LogP contribution in [-0.4, -0.2) is 25.5 Å². The van der Waals surface area contributed by atoms with Crippen molar-refractivity contribution in [2.24, 2.45) is 0 Å². The van der Waals surface area contributed by atoms with Gasteiger partial charge in [0.05, 0.1) is 6.54 Å². The highest BCUT2D eigenvalue weighted by molar-refractivity contribution is 5.92. The van der Waals surface area contributed by atoms with Crippen LogP contribution in [-0.2, 0) is 11.3 Å². The summed E-state index contributed by atoms with van der Waals surface area (Å²) < 4.78 is 0. The summed E-state index contributed by atoms with van der Waals surface area (Å²) in [5, 5.41) is 6.09. The number of hydrogen-bond donors (Lipinski definition) is 2. The second-order valence-corrected chi connectivity index (χ2v) is 5.86. The molecule has 0 heterocycles. The third kappa shape index (κ3) is 5.39. The molecule has 4 nitrogen and oxygen atoms in total. The van der Waals surface area contributed by atoms with Gasteiger partial charge in [-0.25, -0.2) is 0 Å². The summed E-state index contributed by atoms with van der Waals surface area (Å²) in [5.41, 5.74) is 4.42. The van der Waals surface area contributed by atoms with Crippen molar-refractivity contribution in [3.63, 3.8) is 0 Å². The fraction of sp³-hybridized carbons (Fsp3) is 0.350.